The molecule has 17 nitrogen and oxygen atoms in total. The Morgan fingerprint density at radius 3 is 1.77 bits per heavy atom. The van der Waals surface area contributed by atoms with E-state index in [4.69, 9.17) is 0 Å². The number of carbonyl (C=O) groups excluding carboxylic acids is 7. The van der Waals surface area contributed by atoms with Gasteiger partial charge in [-0.15, -0.1) is 0 Å². The highest BCUT2D eigenvalue weighted by Gasteiger charge is 2.38. The summed E-state index contributed by atoms with van der Waals surface area (Å²) in [6.07, 6.45) is 3.89. The van der Waals surface area contributed by atoms with Crippen molar-refractivity contribution >= 4 is 53.2 Å². The largest absolute Gasteiger partial charge is 0.481 e. The minimum Gasteiger partial charge on any atom is -0.481 e. The predicted octanol–water partition coefficient (Wildman–Crippen LogP) is 2.54. The highest BCUT2D eigenvalue weighted by molar-refractivity contribution is 5.98. The molecule has 60 heavy (non-hydrogen) atoms. The molecule has 17 heteroatoms. The lowest BCUT2D eigenvalue weighted by Gasteiger charge is -2.33. The van der Waals surface area contributed by atoms with Crippen molar-refractivity contribution in [3.05, 3.63) is 35.9 Å². The summed E-state index contributed by atoms with van der Waals surface area (Å²) in [6, 6.07) is 2.29. The number of Topliss-reactive ketones (excluding diaryl/α,β-unsaturated/α-hetero) is 1. The van der Waals surface area contributed by atoms with Gasteiger partial charge in [-0.25, -0.2) is 0 Å². The van der Waals surface area contributed by atoms with Crippen LogP contribution in [0.1, 0.15) is 124 Å². The number of carboxylic acid groups (broad SMARTS) is 2. The van der Waals surface area contributed by atoms with Crippen molar-refractivity contribution in [2.45, 2.75) is 161 Å². The van der Waals surface area contributed by atoms with E-state index in [9.17, 15) is 53.4 Å². The van der Waals surface area contributed by atoms with Crippen molar-refractivity contribution < 1.29 is 53.4 Å². The summed E-state index contributed by atoms with van der Waals surface area (Å²) in [5, 5.41) is 34.3. The van der Waals surface area contributed by atoms with E-state index in [0.29, 0.717) is 32.1 Å². The molecule has 2 rings (SSSR count). The van der Waals surface area contributed by atoms with Crippen LogP contribution in [-0.4, -0.2) is 99.6 Å². The van der Waals surface area contributed by atoms with Gasteiger partial charge in [0.1, 0.15) is 30.2 Å². The van der Waals surface area contributed by atoms with Crippen molar-refractivity contribution in [3.8, 4) is 0 Å². The standard InChI is InChI=1S/C43H66N6O11/c1-7-26(5)37(42(59)49-38(29-17-13-10-14-18-29)43(60)45-30(8-2)34(51)21-19-28-15-11-9-12-16-28)48-41(58)32(23-25(3)4)47-39(56)31(20-22-35(52)53)46-40(57)33(24-36(54)55)44-27(6)50/h9,11-12,15-16,25-26,29-33,37-38H,7-8,10,13-14,17-24H2,1-6H3,(H,44,50)(H,45,60)(H,46,57)(H,47,56)(H,48,58)(H,49,59)(H,52,53)(H,54,55)/t26-,30-,31+,32-,33-,37-,38-/m0/s1. The molecule has 0 aromatic heterocycles. The fourth-order valence-electron chi connectivity index (χ4n) is 7.24. The Balaban J connectivity index is 2.32. The van der Waals surface area contributed by atoms with Crippen molar-refractivity contribution in [1.29, 1.82) is 0 Å². The molecule has 1 aliphatic rings. The number of aliphatic carboxylic acids is 2. The van der Waals surface area contributed by atoms with Crippen molar-refractivity contribution in [2.24, 2.45) is 17.8 Å². The van der Waals surface area contributed by atoms with E-state index in [1.807, 2.05) is 44.2 Å². The molecule has 8 N–H and O–H groups in total. The minimum absolute atomic E-state index is 0.0728. The van der Waals surface area contributed by atoms with E-state index in [1.54, 1.807) is 20.8 Å². The molecule has 0 unspecified atom stereocenters. The number of amides is 6. The normalized spacial score (nSPS) is 16.4. The molecule has 6 amide bonds. The summed E-state index contributed by atoms with van der Waals surface area (Å²) in [5.74, 6) is -8.18. The van der Waals surface area contributed by atoms with Gasteiger partial charge < -0.3 is 42.1 Å². The van der Waals surface area contributed by atoms with Gasteiger partial charge >= 0.3 is 11.9 Å². The average Bonchev–Trinajstić information content (AvgIpc) is 3.20. The number of carbonyl (C=O) groups is 9. The maximum absolute atomic E-state index is 14.2. The van der Waals surface area contributed by atoms with Crippen LogP contribution in [0.2, 0.25) is 0 Å². The number of benzene rings is 1. The van der Waals surface area contributed by atoms with Crippen molar-refractivity contribution in [1.82, 2.24) is 31.9 Å². The number of hydrogen-bond donors (Lipinski definition) is 8. The molecule has 0 saturated heterocycles. The first kappa shape index (κ1) is 50.8. The maximum Gasteiger partial charge on any atom is 0.305 e. The van der Waals surface area contributed by atoms with Crippen LogP contribution in [0, 0.1) is 17.8 Å². The molecule has 1 saturated carbocycles. The Morgan fingerprint density at radius 1 is 0.633 bits per heavy atom. The fraction of sp³-hybridized carbons (Fsp3) is 0.651. The summed E-state index contributed by atoms with van der Waals surface area (Å²) < 4.78 is 0. The number of ketones is 1. The Labute approximate surface area is 352 Å². The molecule has 1 aromatic carbocycles. The van der Waals surface area contributed by atoms with Crippen LogP contribution >= 0.6 is 0 Å². The van der Waals surface area contributed by atoms with Gasteiger partial charge in [0.05, 0.1) is 12.5 Å². The second-order valence-corrected chi connectivity index (χ2v) is 16.2. The lowest BCUT2D eigenvalue weighted by Crippen LogP contribution is -2.61. The predicted molar refractivity (Wildman–Crippen MR) is 222 cm³/mol. The lowest BCUT2D eigenvalue weighted by molar-refractivity contribution is -0.141. The third-order valence-electron chi connectivity index (χ3n) is 10.8. The van der Waals surface area contributed by atoms with Crippen LogP contribution in [0.15, 0.2) is 30.3 Å². The summed E-state index contributed by atoms with van der Waals surface area (Å²) in [6.45, 7) is 10.1. The second-order valence-electron chi connectivity index (χ2n) is 16.2. The van der Waals surface area contributed by atoms with Crippen LogP contribution in [-0.2, 0) is 49.6 Å². The molecular weight excluding hydrogens is 777 g/mol. The summed E-state index contributed by atoms with van der Waals surface area (Å²) >= 11 is 0. The van der Waals surface area contributed by atoms with E-state index in [-0.39, 0.29) is 30.5 Å². The van der Waals surface area contributed by atoms with Gasteiger partial charge in [-0.3, -0.25) is 43.2 Å². The van der Waals surface area contributed by atoms with Gasteiger partial charge in [0, 0.05) is 19.8 Å². The van der Waals surface area contributed by atoms with Gasteiger partial charge in [0.25, 0.3) is 0 Å². The number of carboxylic acids is 2. The van der Waals surface area contributed by atoms with Crippen molar-refractivity contribution in [3.63, 3.8) is 0 Å². The van der Waals surface area contributed by atoms with Crippen molar-refractivity contribution in [2.75, 3.05) is 0 Å². The monoisotopic (exact) mass is 842 g/mol. The molecule has 0 bridgehead atoms. The molecule has 0 aliphatic heterocycles. The molecule has 1 fully saturated rings. The van der Waals surface area contributed by atoms with Gasteiger partial charge in [0.2, 0.25) is 35.4 Å². The van der Waals surface area contributed by atoms with Crippen LogP contribution in [0.25, 0.3) is 0 Å². The Kier molecular flexibility index (Phi) is 22.0. The lowest BCUT2D eigenvalue weighted by atomic mass is 9.83. The number of rotatable bonds is 26. The van der Waals surface area contributed by atoms with E-state index >= 15 is 0 Å². The molecule has 0 heterocycles. The molecule has 7 atom stereocenters. The van der Waals surface area contributed by atoms with Crippen LogP contribution < -0.4 is 31.9 Å². The zero-order valence-electron chi connectivity index (χ0n) is 35.8. The highest BCUT2D eigenvalue weighted by atomic mass is 16.4. The first-order valence-electron chi connectivity index (χ1n) is 21.2. The first-order valence-corrected chi connectivity index (χ1v) is 21.2. The quantitative estimate of drug-likeness (QED) is 0.0672. The number of hydrogen-bond acceptors (Lipinski definition) is 9. The molecular formula is C43H66N6O11. The topological polar surface area (TPSA) is 266 Å². The van der Waals surface area contributed by atoms with Gasteiger partial charge in [-0.1, -0.05) is 90.6 Å². The van der Waals surface area contributed by atoms with E-state index in [2.05, 4.69) is 31.9 Å². The number of nitrogens with one attached hydrogen (secondary N) is 6. The van der Waals surface area contributed by atoms with E-state index < -0.39 is 109 Å². The van der Waals surface area contributed by atoms with Gasteiger partial charge in [-0.2, -0.15) is 0 Å². The third-order valence-corrected chi connectivity index (χ3v) is 10.8. The highest BCUT2D eigenvalue weighted by Crippen LogP contribution is 2.27. The zero-order chi connectivity index (χ0) is 44.9. The summed E-state index contributed by atoms with van der Waals surface area (Å²) in [4.78, 5) is 117. The maximum atomic E-state index is 14.2. The van der Waals surface area contributed by atoms with Crippen LogP contribution in [0.4, 0.5) is 0 Å². The molecule has 0 spiro atoms. The average molecular weight is 843 g/mol. The van der Waals surface area contributed by atoms with Gasteiger partial charge in [-0.05, 0) is 61.8 Å². The van der Waals surface area contributed by atoms with Crippen LogP contribution in [0.5, 0.6) is 0 Å². The Morgan fingerprint density at radius 2 is 1.22 bits per heavy atom. The number of aryl methyl sites for hydroxylation is 1. The molecule has 0 radical (unpaired) electrons. The minimum atomic E-state index is -1.57. The first-order chi connectivity index (χ1) is 28.4. The fourth-order valence-corrected chi connectivity index (χ4v) is 7.24. The Hall–Kier alpha value is -5.35. The van der Waals surface area contributed by atoms with E-state index in [1.165, 1.54) is 0 Å². The summed E-state index contributed by atoms with van der Waals surface area (Å²) in [5.41, 5.74) is 1.00. The van der Waals surface area contributed by atoms with Crippen LogP contribution in [0.3, 0.4) is 0 Å². The molecule has 1 aliphatic carbocycles. The molecule has 334 valence electrons. The summed E-state index contributed by atoms with van der Waals surface area (Å²) in [7, 11) is 0. The Bertz CT molecular complexity index is 1620. The zero-order valence-corrected chi connectivity index (χ0v) is 35.8. The third kappa shape index (κ3) is 17.9. The van der Waals surface area contributed by atoms with Gasteiger partial charge in [0.15, 0.2) is 5.78 Å². The van der Waals surface area contributed by atoms with E-state index in [0.717, 1.165) is 31.7 Å². The second kappa shape index (κ2) is 26.0. The molecule has 1 aromatic rings. The SMILES string of the molecule is CC[C@H](NC(=O)[C@@H](NC(=O)[C@@H](NC(=O)[C@H](CC(C)C)NC(=O)[C@@H](CCC(=O)O)NC(=O)[C@H](CC(=O)O)NC(C)=O)[C@@H](C)CC)C1CCCCC1)C(=O)CCc1ccccc1. The smallest absolute Gasteiger partial charge is 0.305 e.